The summed E-state index contributed by atoms with van der Waals surface area (Å²) in [5, 5.41) is 0. The van der Waals surface area contributed by atoms with E-state index in [-0.39, 0.29) is 17.9 Å². The molecule has 0 radical (unpaired) electrons. The number of benzene rings is 2. The lowest BCUT2D eigenvalue weighted by molar-refractivity contribution is -0.123. The maximum absolute atomic E-state index is 13.5. The molecule has 0 N–H and O–H groups in total. The van der Waals surface area contributed by atoms with Crippen molar-refractivity contribution in [2.75, 3.05) is 4.90 Å². The maximum atomic E-state index is 13.5. The molecule has 0 aromatic heterocycles. The molecule has 1 fully saturated rings. The Morgan fingerprint density at radius 1 is 1.03 bits per heavy atom. The minimum absolute atomic E-state index is 0.0102. The Morgan fingerprint density at radius 3 is 2.41 bits per heavy atom. The topological polar surface area (TPSA) is 40.6 Å². The average molecular weight is 423 g/mol. The van der Waals surface area contributed by atoms with Gasteiger partial charge in [0.15, 0.2) is 0 Å². The highest BCUT2D eigenvalue weighted by Gasteiger charge is 2.42. The number of fused-ring (bicyclic) bond motifs is 1. The molecule has 1 saturated heterocycles. The Kier molecular flexibility index (Phi) is 5.32. The van der Waals surface area contributed by atoms with Crippen molar-refractivity contribution in [1.82, 2.24) is 4.90 Å². The summed E-state index contributed by atoms with van der Waals surface area (Å²) in [7, 11) is 0. The van der Waals surface area contributed by atoms with E-state index in [2.05, 4.69) is 0 Å². The van der Waals surface area contributed by atoms with Crippen molar-refractivity contribution in [1.29, 1.82) is 0 Å². The summed E-state index contributed by atoms with van der Waals surface area (Å²) in [5.74, 6) is -0.305. The van der Waals surface area contributed by atoms with Crippen molar-refractivity contribution in [3.8, 4) is 0 Å². The molecule has 2 aromatic rings. The molecule has 4 rings (SSSR count). The van der Waals surface area contributed by atoms with Gasteiger partial charge < -0.3 is 4.90 Å². The smallest absolute Gasteiger partial charge is 0.267 e. The number of rotatable bonds is 4. The first-order valence-corrected chi connectivity index (χ1v) is 10.9. The minimum atomic E-state index is -0.162. The van der Waals surface area contributed by atoms with Crippen LogP contribution < -0.4 is 4.90 Å². The lowest BCUT2D eigenvalue weighted by Gasteiger charge is -2.21. The maximum Gasteiger partial charge on any atom is 0.267 e. The number of thiocarbonyl (C=S) groups is 1. The molecule has 2 aliphatic heterocycles. The van der Waals surface area contributed by atoms with E-state index in [1.165, 1.54) is 17.3 Å². The van der Waals surface area contributed by atoms with Crippen LogP contribution in [0.3, 0.4) is 0 Å². The van der Waals surface area contributed by atoms with Gasteiger partial charge >= 0.3 is 0 Å². The molecule has 148 valence electrons. The third-order valence-electron chi connectivity index (χ3n) is 5.44. The molecule has 0 unspecified atom stereocenters. The molecule has 0 bridgehead atoms. The number of amides is 2. The highest BCUT2D eigenvalue weighted by molar-refractivity contribution is 8.26. The number of para-hydroxylation sites is 1. The largest absolute Gasteiger partial charge is 0.303 e. The Bertz CT molecular complexity index is 1040. The quantitative estimate of drug-likeness (QED) is 0.518. The van der Waals surface area contributed by atoms with E-state index in [4.69, 9.17) is 12.2 Å². The second-order valence-electron chi connectivity index (χ2n) is 7.40. The van der Waals surface area contributed by atoms with E-state index < -0.39 is 0 Å². The number of carbonyl (C=O) groups excluding carboxylic acids is 2. The van der Waals surface area contributed by atoms with Crippen molar-refractivity contribution in [2.24, 2.45) is 0 Å². The van der Waals surface area contributed by atoms with Gasteiger partial charge in [0.2, 0.25) is 0 Å². The third-order valence-corrected chi connectivity index (χ3v) is 6.84. The van der Waals surface area contributed by atoms with Gasteiger partial charge in [-0.15, -0.1) is 0 Å². The first-order valence-electron chi connectivity index (χ1n) is 9.68. The van der Waals surface area contributed by atoms with Crippen molar-refractivity contribution < 1.29 is 9.59 Å². The highest BCUT2D eigenvalue weighted by Crippen LogP contribution is 2.45. The van der Waals surface area contributed by atoms with Crippen LogP contribution >= 0.6 is 24.0 Å². The normalized spacial score (nSPS) is 19.9. The zero-order valence-electron chi connectivity index (χ0n) is 16.6. The predicted octanol–water partition coefficient (Wildman–Crippen LogP) is 4.91. The van der Waals surface area contributed by atoms with Gasteiger partial charge in [-0.1, -0.05) is 78.9 Å². The van der Waals surface area contributed by atoms with Crippen LogP contribution in [-0.4, -0.2) is 27.1 Å². The molecule has 0 spiro atoms. The average Bonchev–Trinajstić information content (AvgIpc) is 3.16. The molecule has 6 heteroatoms. The van der Waals surface area contributed by atoms with E-state index in [1.54, 1.807) is 9.80 Å². The number of hydrogen-bond donors (Lipinski definition) is 0. The summed E-state index contributed by atoms with van der Waals surface area (Å²) < 4.78 is 0.522. The zero-order chi connectivity index (χ0) is 20.7. The van der Waals surface area contributed by atoms with Crippen LogP contribution in [0.5, 0.6) is 0 Å². The SMILES string of the molecule is CC[C@@H](C)N1C(=O)/C(=C2/C(=O)N(Cc3ccc(C)cc3)c3ccccc32)SC1=S. The van der Waals surface area contributed by atoms with Gasteiger partial charge in [-0.25, -0.2) is 0 Å². The lowest BCUT2D eigenvalue weighted by atomic mass is 10.1. The summed E-state index contributed by atoms with van der Waals surface area (Å²) in [6.07, 6.45) is 0.805. The molecular formula is C23H22N2O2S2. The summed E-state index contributed by atoms with van der Waals surface area (Å²) in [4.78, 5) is 30.4. The van der Waals surface area contributed by atoms with E-state index in [9.17, 15) is 9.59 Å². The van der Waals surface area contributed by atoms with Crippen LogP contribution in [0.2, 0.25) is 0 Å². The highest BCUT2D eigenvalue weighted by atomic mass is 32.2. The fraction of sp³-hybridized carbons (Fsp3) is 0.261. The van der Waals surface area contributed by atoms with E-state index in [0.29, 0.717) is 21.3 Å². The van der Waals surface area contributed by atoms with Crippen LogP contribution in [-0.2, 0) is 16.1 Å². The number of nitrogens with zero attached hydrogens (tertiary/aromatic N) is 2. The Balaban J connectivity index is 1.77. The van der Waals surface area contributed by atoms with Gasteiger partial charge in [0.1, 0.15) is 4.32 Å². The summed E-state index contributed by atoms with van der Waals surface area (Å²) >= 11 is 6.71. The second-order valence-corrected chi connectivity index (χ2v) is 9.04. The molecule has 2 heterocycles. The molecule has 2 aliphatic rings. The first-order chi connectivity index (χ1) is 13.9. The van der Waals surface area contributed by atoms with Crippen molar-refractivity contribution in [2.45, 2.75) is 39.8 Å². The summed E-state index contributed by atoms with van der Waals surface area (Å²) in [6, 6.07) is 15.8. The summed E-state index contributed by atoms with van der Waals surface area (Å²) in [5.41, 5.74) is 4.33. The van der Waals surface area contributed by atoms with E-state index in [0.717, 1.165) is 23.2 Å². The van der Waals surface area contributed by atoms with Crippen LogP contribution in [0.1, 0.15) is 37.0 Å². The number of anilines is 1. The van der Waals surface area contributed by atoms with E-state index >= 15 is 0 Å². The van der Waals surface area contributed by atoms with E-state index in [1.807, 2.05) is 69.3 Å². The Morgan fingerprint density at radius 2 is 1.72 bits per heavy atom. The number of hydrogen-bond acceptors (Lipinski definition) is 4. The fourth-order valence-electron chi connectivity index (χ4n) is 3.63. The number of aryl methyl sites for hydroxylation is 1. The van der Waals surface area contributed by atoms with Gasteiger partial charge in [0, 0.05) is 11.6 Å². The molecule has 2 aromatic carbocycles. The first kappa shape index (κ1) is 19.9. The van der Waals surface area contributed by atoms with Crippen molar-refractivity contribution in [3.63, 3.8) is 0 Å². The monoisotopic (exact) mass is 422 g/mol. The van der Waals surface area contributed by atoms with Crippen molar-refractivity contribution in [3.05, 3.63) is 70.1 Å². The van der Waals surface area contributed by atoms with Gasteiger partial charge in [-0.05, 0) is 31.9 Å². The minimum Gasteiger partial charge on any atom is -0.303 e. The van der Waals surface area contributed by atoms with Gasteiger partial charge in [-0.3, -0.25) is 14.5 Å². The molecule has 4 nitrogen and oxygen atoms in total. The van der Waals surface area contributed by atoms with Gasteiger partial charge in [0.05, 0.1) is 22.7 Å². The molecular weight excluding hydrogens is 400 g/mol. The third kappa shape index (κ3) is 3.40. The van der Waals surface area contributed by atoms with Crippen LogP contribution in [0, 0.1) is 6.92 Å². The van der Waals surface area contributed by atoms with Crippen LogP contribution in [0.25, 0.3) is 5.57 Å². The molecule has 29 heavy (non-hydrogen) atoms. The zero-order valence-corrected chi connectivity index (χ0v) is 18.3. The molecule has 2 amide bonds. The van der Waals surface area contributed by atoms with Gasteiger partial charge in [0.25, 0.3) is 11.8 Å². The van der Waals surface area contributed by atoms with Crippen LogP contribution in [0.15, 0.2) is 53.4 Å². The standard InChI is InChI=1S/C23H22N2O2S2/c1-4-15(3)25-22(27)20(29-23(25)28)19-17-7-5-6-8-18(17)24(21(19)26)13-16-11-9-14(2)10-12-16/h5-12,15H,4,13H2,1-3H3/b20-19-/t15-/m1/s1. The number of thioether (sulfide) groups is 1. The Hall–Kier alpha value is -2.44. The molecule has 0 saturated carbocycles. The Labute approximate surface area is 180 Å². The van der Waals surface area contributed by atoms with Gasteiger partial charge in [-0.2, -0.15) is 0 Å². The summed E-state index contributed by atoms with van der Waals surface area (Å²) in [6.45, 7) is 6.50. The van der Waals surface area contributed by atoms with Crippen LogP contribution in [0.4, 0.5) is 5.69 Å². The van der Waals surface area contributed by atoms with Crippen molar-refractivity contribution >= 4 is 51.4 Å². The second kappa shape index (κ2) is 7.76. The fourth-order valence-corrected chi connectivity index (χ4v) is 5.16. The lowest BCUT2D eigenvalue weighted by Crippen LogP contribution is -2.36. The number of carbonyl (C=O) groups is 2. The molecule has 1 atom stereocenters. The predicted molar refractivity (Wildman–Crippen MR) is 123 cm³/mol. The molecule has 0 aliphatic carbocycles.